The van der Waals surface area contributed by atoms with Crippen LogP contribution in [-0.2, 0) is 4.74 Å². The lowest BCUT2D eigenvalue weighted by atomic mass is 10.0. The molecule has 4 rings (SSSR count). The van der Waals surface area contributed by atoms with Crippen molar-refractivity contribution in [1.29, 1.82) is 0 Å². The summed E-state index contributed by atoms with van der Waals surface area (Å²) in [4.78, 5) is 15.3. The average molecular weight is 445 g/mol. The summed E-state index contributed by atoms with van der Waals surface area (Å²) in [7, 11) is 0. The van der Waals surface area contributed by atoms with Gasteiger partial charge in [-0.3, -0.25) is 9.69 Å². The zero-order valence-electron chi connectivity index (χ0n) is 17.0. The molecule has 8 nitrogen and oxygen atoms in total. The van der Waals surface area contributed by atoms with Crippen molar-refractivity contribution in [1.82, 2.24) is 30.4 Å². The van der Waals surface area contributed by atoms with Crippen molar-refractivity contribution < 1.29 is 13.9 Å². The average Bonchev–Trinajstić information content (AvgIpc) is 3.29. The molecule has 1 N–H and O–H groups in total. The molecule has 1 aromatic heterocycles. The van der Waals surface area contributed by atoms with Crippen molar-refractivity contribution in [2.45, 2.75) is 13.0 Å². The number of benzene rings is 2. The van der Waals surface area contributed by atoms with Gasteiger partial charge in [0.1, 0.15) is 12.1 Å². The molecule has 1 aliphatic heterocycles. The quantitative estimate of drug-likeness (QED) is 0.629. The van der Waals surface area contributed by atoms with E-state index < -0.39 is 5.82 Å². The summed E-state index contributed by atoms with van der Waals surface area (Å²) in [6, 6.07) is 9.32. The topological polar surface area (TPSA) is 85.2 Å². The molecule has 162 valence electrons. The largest absolute Gasteiger partial charge is 0.379 e. The van der Waals surface area contributed by atoms with Crippen LogP contribution in [0.2, 0.25) is 5.02 Å². The smallest absolute Gasteiger partial charge is 0.251 e. The number of carbonyl (C=O) groups is 1. The van der Waals surface area contributed by atoms with Gasteiger partial charge < -0.3 is 10.1 Å². The van der Waals surface area contributed by atoms with E-state index in [1.165, 1.54) is 23.1 Å². The second-order valence-electron chi connectivity index (χ2n) is 7.43. The lowest BCUT2D eigenvalue weighted by Gasteiger charge is -2.29. The van der Waals surface area contributed by atoms with E-state index in [-0.39, 0.29) is 17.0 Å². The maximum atomic E-state index is 13.5. The Balaban J connectivity index is 1.61. The van der Waals surface area contributed by atoms with Gasteiger partial charge >= 0.3 is 0 Å². The lowest BCUT2D eigenvalue weighted by Crippen LogP contribution is -2.46. The fraction of sp³-hybridized carbons (Fsp3) is 0.333. The molecule has 1 atom stereocenters. The Labute approximate surface area is 183 Å². The minimum Gasteiger partial charge on any atom is -0.379 e. The molecule has 0 unspecified atom stereocenters. The van der Waals surface area contributed by atoms with Crippen LogP contribution in [0.1, 0.15) is 17.3 Å². The number of morpholine rings is 1. The van der Waals surface area contributed by atoms with Crippen LogP contribution in [0.15, 0.2) is 42.7 Å². The number of rotatable bonds is 6. The fourth-order valence-electron chi connectivity index (χ4n) is 3.56. The third kappa shape index (κ3) is 5.25. The molecule has 2 heterocycles. The van der Waals surface area contributed by atoms with Crippen molar-refractivity contribution in [3.63, 3.8) is 0 Å². The van der Waals surface area contributed by atoms with Crippen LogP contribution in [0.3, 0.4) is 0 Å². The zero-order valence-corrected chi connectivity index (χ0v) is 17.7. The van der Waals surface area contributed by atoms with E-state index in [1.54, 1.807) is 24.3 Å². The highest BCUT2D eigenvalue weighted by molar-refractivity contribution is 6.33. The molecule has 1 saturated heterocycles. The summed E-state index contributed by atoms with van der Waals surface area (Å²) in [5, 5.41) is 14.5. The molecule has 0 radical (unpaired) electrons. The summed E-state index contributed by atoms with van der Waals surface area (Å²) in [5.74, 6) is -0.657. The summed E-state index contributed by atoms with van der Waals surface area (Å²) in [6.45, 7) is 5.81. The van der Waals surface area contributed by atoms with E-state index in [1.807, 2.05) is 6.92 Å². The number of tetrazole rings is 1. The summed E-state index contributed by atoms with van der Waals surface area (Å²) in [6.07, 6.45) is 1.44. The van der Waals surface area contributed by atoms with Crippen molar-refractivity contribution >= 4 is 17.5 Å². The first-order valence-corrected chi connectivity index (χ1v) is 10.3. The first kappa shape index (κ1) is 21.4. The van der Waals surface area contributed by atoms with E-state index in [0.717, 1.165) is 19.6 Å². The third-order valence-electron chi connectivity index (χ3n) is 5.05. The molecule has 0 aliphatic carbocycles. The maximum Gasteiger partial charge on any atom is 0.251 e. The molecule has 10 heteroatoms. The third-order valence-corrected chi connectivity index (χ3v) is 5.36. The van der Waals surface area contributed by atoms with Crippen LogP contribution in [0.4, 0.5) is 4.39 Å². The van der Waals surface area contributed by atoms with Gasteiger partial charge in [-0.25, -0.2) is 9.07 Å². The number of hydrogen-bond donors (Lipinski definition) is 1. The van der Waals surface area contributed by atoms with E-state index >= 15 is 0 Å². The molecule has 0 spiro atoms. The second kappa shape index (κ2) is 9.51. The van der Waals surface area contributed by atoms with E-state index in [4.69, 9.17) is 16.3 Å². The van der Waals surface area contributed by atoms with Gasteiger partial charge in [0.15, 0.2) is 0 Å². The first-order chi connectivity index (χ1) is 15.0. The standard InChI is InChI=1S/C21H22ClFN6O2/c1-14(12-28-4-6-31-7-5-28)25-21(30)16-8-15(19-3-2-17(23)11-20(19)22)9-18(10-16)29-13-24-26-27-29/h2-3,8-11,13-14H,4-7,12H2,1H3,(H,25,30)/t14-/m0/s1. The minimum atomic E-state index is -0.430. The highest BCUT2D eigenvalue weighted by Gasteiger charge is 2.18. The molecule has 1 amide bonds. The van der Waals surface area contributed by atoms with Gasteiger partial charge in [0.05, 0.1) is 23.9 Å². The van der Waals surface area contributed by atoms with Crippen molar-refractivity contribution in [2.24, 2.45) is 0 Å². The van der Waals surface area contributed by atoms with Gasteiger partial charge in [-0.15, -0.1) is 5.10 Å². The number of hydrogen-bond acceptors (Lipinski definition) is 6. The Hall–Kier alpha value is -2.88. The van der Waals surface area contributed by atoms with E-state index in [0.29, 0.717) is 35.6 Å². The van der Waals surface area contributed by atoms with Crippen LogP contribution in [0.25, 0.3) is 16.8 Å². The SMILES string of the molecule is C[C@@H](CN1CCOCC1)NC(=O)c1cc(-c2ccc(F)cc2Cl)cc(-n2cnnn2)c1. The number of carbonyl (C=O) groups excluding carboxylic acids is 1. The zero-order chi connectivity index (χ0) is 21.8. The van der Waals surface area contributed by atoms with Crippen molar-refractivity contribution in [2.75, 3.05) is 32.8 Å². The summed E-state index contributed by atoms with van der Waals surface area (Å²) >= 11 is 6.26. The van der Waals surface area contributed by atoms with Gasteiger partial charge in [-0.2, -0.15) is 0 Å². The first-order valence-electron chi connectivity index (χ1n) is 9.94. The minimum absolute atomic E-state index is 0.0554. The molecular formula is C21H22ClFN6O2. The second-order valence-corrected chi connectivity index (χ2v) is 7.84. The summed E-state index contributed by atoms with van der Waals surface area (Å²) < 4.78 is 20.3. The number of aromatic nitrogens is 4. The number of nitrogens with one attached hydrogen (secondary N) is 1. The Morgan fingerprint density at radius 3 is 2.77 bits per heavy atom. The number of ether oxygens (including phenoxy) is 1. The molecule has 31 heavy (non-hydrogen) atoms. The lowest BCUT2D eigenvalue weighted by molar-refractivity contribution is 0.0342. The molecule has 0 saturated carbocycles. The highest BCUT2D eigenvalue weighted by atomic mass is 35.5. The van der Waals surface area contributed by atoms with Gasteiger partial charge in [0, 0.05) is 36.8 Å². The predicted molar refractivity (Wildman–Crippen MR) is 114 cm³/mol. The molecule has 1 aliphatic rings. The molecule has 2 aromatic carbocycles. The predicted octanol–water partition coefficient (Wildman–Crippen LogP) is 2.57. The number of amides is 1. The van der Waals surface area contributed by atoms with Gasteiger partial charge in [-0.05, 0) is 59.3 Å². The van der Waals surface area contributed by atoms with E-state index in [2.05, 4.69) is 25.7 Å². The fourth-order valence-corrected chi connectivity index (χ4v) is 3.83. The van der Waals surface area contributed by atoms with Crippen molar-refractivity contribution in [3.05, 3.63) is 59.1 Å². The monoisotopic (exact) mass is 444 g/mol. The van der Waals surface area contributed by atoms with Gasteiger partial charge in [-0.1, -0.05) is 11.6 Å². The highest BCUT2D eigenvalue weighted by Crippen LogP contribution is 2.31. The van der Waals surface area contributed by atoms with Gasteiger partial charge in [0.25, 0.3) is 5.91 Å². The number of halogens is 2. The molecule has 3 aromatic rings. The Morgan fingerprint density at radius 1 is 1.26 bits per heavy atom. The van der Waals surface area contributed by atoms with Crippen LogP contribution in [-0.4, -0.2) is 69.9 Å². The molecular weight excluding hydrogens is 423 g/mol. The van der Waals surface area contributed by atoms with Crippen molar-refractivity contribution in [3.8, 4) is 16.8 Å². The van der Waals surface area contributed by atoms with Crippen LogP contribution < -0.4 is 5.32 Å². The van der Waals surface area contributed by atoms with E-state index in [9.17, 15) is 9.18 Å². The van der Waals surface area contributed by atoms with Crippen LogP contribution in [0, 0.1) is 5.82 Å². The van der Waals surface area contributed by atoms with Crippen LogP contribution >= 0.6 is 11.6 Å². The Kier molecular flexibility index (Phi) is 6.55. The summed E-state index contributed by atoms with van der Waals surface area (Å²) in [5.41, 5.74) is 2.28. The Bertz CT molecular complexity index is 1060. The molecule has 0 bridgehead atoms. The maximum absolute atomic E-state index is 13.5. The Morgan fingerprint density at radius 2 is 2.06 bits per heavy atom. The molecule has 1 fully saturated rings. The number of nitrogens with zero attached hydrogens (tertiary/aromatic N) is 5. The normalized spacial score (nSPS) is 15.6. The van der Waals surface area contributed by atoms with Crippen LogP contribution in [0.5, 0.6) is 0 Å². The van der Waals surface area contributed by atoms with Gasteiger partial charge in [0.2, 0.25) is 0 Å².